The van der Waals surface area contributed by atoms with Gasteiger partial charge in [-0.2, -0.15) is 0 Å². The number of hydrogen-bond donors (Lipinski definition) is 1. The molecule has 1 N–H and O–H groups in total. The molecular formula is C20H24O3. The standard InChI is InChI=1S/C20H24O3/c1-3-11-22-19-13-17(14-20(15-19)23-12-4-2)6-5-16-7-9-18(21)10-8-16/h5-10,13-15,21H,3-4,11-12H2,1-2H3. The molecule has 0 atom stereocenters. The van der Waals surface area contributed by atoms with E-state index in [2.05, 4.69) is 13.8 Å². The Morgan fingerprint density at radius 1 is 0.783 bits per heavy atom. The molecule has 2 aromatic carbocycles. The molecule has 0 bridgehead atoms. The van der Waals surface area contributed by atoms with E-state index in [1.807, 2.05) is 42.5 Å². The minimum Gasteiger partial charge on any atom is -0.508 e. The van der Waals surface area contributed by atoms with Crippen LogP contribution in [0.1, 0.15) is 37.8 Å². The molecule has 0 heterocycles. The summed E-state index contributed by atoms with van der Waals surface area (Å²) in [4.78, 5) is 0. The van der Waals surface area contributed by atoms with Crippen LogP contribution in [0.3, 0.4) is 0 Å². The molecule has 0 radical (unpaired) electrons. The lowest BCUT2D eigenvalue weighted by molar-refractivity contribution is 0.301. The smallest absolute Gasteiger partial charge is 0.123 e. The van der Waals surface area contributed by atoms with Gasteiger partial charge in [0, 0.05) is 6.07 Å². The van der Waals surface area contributed by atoms with Gasteiger partial charge < -0.3 is 14.6 Å². The molecular weight excluding hydrogens is 288 g/mol. The van der Waals surface area contributed by atoms with E-state index < -0.39 is 0 Å². The zero-order valence-electron chi connectivity index (χ0n) is 13.8. The summed E-state index contributed by atoms with van der Waals surface area (Å²) >= 11 is 0. The van der Waals surface area contributed by atoms with Gasteiger partial charge in [0.05, 0.1) is 13.2 Å². The van der Waals surface area contributed by atoms with Crippen molar-refractivity contribution in [3.8, 4) is 17.2 Å². The van der Waals surface area contributed by atoms with Gasteiger partial charge >= 0.3 is 0 Å². The topological polar surface area (TPSA) is 38.7 Å². The van der Waals surface area contributed by atoms with Crippen molar-refractivity contribution in [2.45, 2.75) is 26.7 Å². The van der Waals surface area contributed by atoms with Crippen molar-refractivity contribution in [2.75, 3.05) is 13.2 Å². The third-order valence-corrected chi connectivity index (χ3v) is 3.21. The van der Waals surface area contributed by atoms with Crippen molar-refractivity contribution >= 4 is 12.2 Å². The van der Waals surface area contributed by atoms with Crippen LogP contribution in [0.4, 0.5) is 0 Å². The maximum Gasteiger partial charge on any atom is 0.123 e. The number of benzene rings is 2. The first-order valence-electron chi connectivity index (χ1n) is 8.09. The largest absolute Gasteiger partial charge is 0.508 e. The molecule has 0 fully saturated rings. The quantitative estimate of drug-likeness (QED) is 0.686. The van der Waals surface area contributed by atoms with Gasteiger partial charge in [-0.3, -0.25) is 0 Å². The third kappa shape index (κ3) is 5.70. The van der Waals surface area contributed by atoms with Crippen molar-refractivity contribution in [1.82, 2.24) is 0 Å². The lowest BCUT2D eigenvalue weighted by Gasteiger charge is -2.10. The number of aromatic hydroxyl groups is 1. The second kappa shape index (κ2) is 8.89. The first-order valence-corrected chi connectivity index (χ1v) is 8.09. The molecule has 0 aromatic heterocycles. The second-order valence-electron chi connectivity index (χ2n) is 5.36. The normalized spacial score (nSPS) is 10.9. The molecule has 0 aliphatic carbocycles. The SMILES string of the molecule is CCCOc1cc(C=Cc2ccc(O)cc2)cc(OCCC)c1. The highest BCUT2D eigenvalue weighted by Gasteiger charge is 2.02. The van der Waals surface area contributed by atoms with Crippen LogP contribution in [0.5, 0.6) is 17.2 Å². The highest BCUT2D eigenvalue weighted by molar-refractivity contribution is 5.71. The van der Waals surface area contributed by atoms with Crippen LogP contribution in [0.25, 0.3) is 12.2 Å². The number of phenolic OH excluding ortho intramolecular Hbond substituents is 1. The Morgan fingerprint density at radius 2 is 1.30 bits per heavy atom. The fraction of sp³-hybridized carbons (Fsp3) is 0.300. The molecule has 0 aliphatic rings. The summed E-state index contributed by atoms with van der Waals surface area (Å²) in [5.74, 6) is 1.92. The van der Waals surface area contributed by atoms with Crippen LogP contribution in [-0.4, -0.2) is 18.3 Å². The van der Waals surface area contributed by atoms with E-state index >= 15 is 0 Å². The number of hydrogen-bond acceptors (Lipinski definition) is 3. The molecule has 0 amide bonds. The Morgan fingerprint density at radius 3 is 1.83 bits per heavy atom. The van der Waals surface area contributed by atoms with Gasteiger partial charge in [-0.05, 0) is 48.2 Å². The molecule has 3 nitrogen and oxygen atoms in total. The monoisotopic (exact) mass is 312 g/mol. The van der Waals surface area contributed by atoms with E-state index in [1.165, 1.54) is 0 Å². The van der Waals surface area contributed by atoms with Crippen molar-refractivity contribution in [3.63, 3.8) is 0 Å². The molecule has 0 spiro atoms. The Bertz CT molecular complexity index is 604. The van der Waals surface area contributed by atoms with Gasteiger partial charge in [-0.15, -0.1) is 0 Å². The number of phenols is 1. The average Bonchev–Trinajstić information content (AvgIpc) is 2.57. The van der Waals surface area contributed by atoms with Crippen LogP contribution in [0.2, 0.25) is 0 Å². The fourth-order valence-corrected chi connectivity index (χ4v) is 2.07. The molecule has 0 unspecified atom stereocenters. The predicted octanol–water partition coefficient (Wildman–Crippen LogP) is 5.14. The lowest BCUT2D eigenvalue weighted by Crippen LogP contribution is -1.98. The summed E-state index contributed by atoms with van der Waals surface area (Å²) in [5.41, 5.74) is 2.05. The molecule has 122 valence electrons. The van der Waals surface area contributed by atoms with Gasteiger partial charge in [-0.25, -0.2) is 0 Å². The van der Waals surface area contributed by atoms with E-state index in [-0.39, 0.29) is 5.75 Å². The molecule has 3 heteroatoms. The Balaban J connectivity index is 2.19. The highest BCUT2D eigenvalue weighted by atomic mass is 16.5. The maximum absolute atomic E-state index is 9.32. The van der Waals surface area contributed by atoms with E-state index in [0.717, 1.165) is 35.5 Å². The van der Waals surface area contributed by atoms with Crippen molar-refractivity contribution < 1.29 is 14.6 Å². The Labute approximate surface area is 138 Å². The van der Waals surface area contributed by atoms with Crippen molar-refractivity contribution in [1.29, 1.82) is 0 Å². The summed E-state index contributed by atoms with van der Waals surface area (Å²) in [6, 6.07) is 13.0. The van der Waals surface area contributed by atoms with Crippen LogP contribution in [0.15, 0.2) is 42.5 Å². The van der Waals surface area contributed by atoms with Crippen molar-refractivity contribution in [2.24, 2.45) is 0 Å². The Hall–Kier alpha value is -2.42. The van der Waals surface area contributed by atoms with E-state index in [4.69, 9.17) is 9.47 Å². The maximum atomic E-state index is 9.32. The van der Waals surface area contributed by atoms with E-state index in [9.17, 15) is 5.11 Å². The highest BCUT2D eigenvalue weighted by Crippen LogP contribution is 2.25. The summed E-state index contributed by atoms with van der Waals surface area (Å²) in [5, 5.41) is 9.32. The Kier molecular flexibility index (Phi) is 6.55. The van der Waals surface area contributed by atoms with Crippen LogP contribution in [0, 0.1) is 0 Å². The zero-order valence-corrected chi connectivity index (χ0v) is 13.8. The molecule has 0 aliphatic heterocycles. The zero-order chi connectivity index (χ0) is 16.5. The molecule has 2 rings (SSSR count). The van der Waals surface area contributed by atoms with Crippen molar-refractivity contribution in [3.05, 3.63) is 53.6 Å². The summed E-state index contributed by atoms with van der Waals surface area (Å²) < 4.78 is 11.5. The van der Waals surface area contributed by atoms with Gasteiger partial charge in [0.2, 0.25) is 0 Å². The van der Waals surface area contributed by atoms with Crippen LogP contribution >= 0.6 is 0 Å². The molecule has 23 heavy (non-hydrogen) atoms. The second-order valence-corrected chi connectivity index (χ2v) is 5.36. The third-order valence-electron chi connectivity index (χ3n) is 3.21. The minimum atomic E-state index is 0.271. The lowest BCUT2D eigenvalue weighted by atomic mass is 10.1. The van der Waals surface area contributed by atoms with Crippen LogP contribution in [-0.2, 0) is 0 Å². The van der Waals surface area contributed by atoms with Gasteiger partial charge in [0.1, 0.15) is 17.2 Å². The minimum absolute atomic E-state index is 0.271. The van der Waals surface area contributed by atoms with E-state index in [1.54, 1.807) is 12.1 Å². The molecule has 0 saturated carbocycles. The first-order chi connectivity index (χ1) is 11.2. The van der Waals surface area contributed by atoms with Gasteiger partial charge in [-0.1, -0.05) is 38.1 Å². The summed E-state index contributed by atoms with van der Waals surface area (Å²) in [7, 11) is 0. The first kappa shape index (κ1) is 16.9. The van der Waals surface area contributed by atoms with E-state index in [0.29, 0.717) is 13.2 Å². The summed E-state index contributed by atoms with van der Waals surface area (Å²) in [6.45, 7) is 5.56. The van der Waals surface area contributed by atoms with Crippen LogP contribution < -0.4 is 9.47 Å². The number of rotatable bonds is 8. The molecule has 2 aromatic rings. The van der Waals surface area contributed by atoms with Gasteiger partial charge in [0.15, 0.2) is 0 Å². The summed E-state index contributed by atoms with van der Waals surface area (Å²) in [6.07, 6.45) is 5.96. The predicted molar refractivity (Wildman–Crippen MR) is 95.0 cm³/mol. The fourth-order valence-electron chi connectivity index (χ4n) is 2.07. The molecule has 0 saturated heterocycles. The number of ether oxygens (including phenoxy) is 2. The van der Waals surface area contributed by atoms with Gasteiger partial charge in [0.25, 0.3) is 0 Å². The average molecular weight is 312 g/mol.